The summed E-state index contributed by atoms with van der Waals surface area (Å²) in [5, 5.41) is 8.89. The van der Waals surface area contributed by atoms with Crippen molar-refractivity contribution in [1.29, 1.82) is 0 Å². The molecule has 0 aromatic heterocycles. The topological polar surface area (TPSA) is 63.6 Å². The molecule has 0 radical (unpaired) electrons. The van der Waals surface area contributed by atoms with Crippen LogP contribution in [0.25, 0.3) is 0 Å². The number of carboxylic acids is 1. The zero-order valence-corrected chi connectivity index (χ0v) is 27.0. The van der Waals surface area contributed by atoms with Crippen LogP contribution in [-0.2, 0) is 14.3 Å². The number of aliphatic carboxylic acids is 1. The average molecular weight is 555 g/mol. The van der Waals surface area contributed by atoms with Crippen molar-refractivity contribution in [2.75, 3.05) is 0 Å². The van der Waals surface area contributed by atoms with Crippen LogP contribution in [0.5, 0.6) is 0 Å². The molecule has 4 fully saturated rings. The number of ether oxygens (including phenoxy) is 1. The predicted molar refractivity (Wildman–Crippen MR) is 161 cm³/mol. The fourth-order valence-corrected chi connectivity index (χ4v) is 11.5. The Hall–Kier alpha value is -1.32. The Kier molecular flexibility index (Phi) is 7.44. The molecule has 4 nitrogen and oxygen atoms in total. The quantitative estimate of drug-likeness (QED) is 0.202. The molecular formula is C36H58O4. The summed E-state index contributed by atoms with van der Waals surface area (Å²) >= 11 is 0. The Bertz CT molecular complexity index is 1060. The smallest absolute Gasteiger partial charge is 0.306 e. The molecule has 0 heterocycles. The summed E-state index contributed by atoms with van der Waals surface area (Å²) in [6, 6.07) is 0. The number of unbranched alkanes of at least 4 members (excludes halogenated alkanes) is 1. The summed E-state index contributed by atoms with van der Waals surface area (Å²) in [7, 11) is 0. The molecule has 5 aliphatic rings. The summed E-state index contributed by atoms with van der Waals surface area (Å²) in [5.41, 5.74) is 3.54. The van der Waals surface area contributed by atoms with Crippen LogP contribution < -0.4 is 0 Å². The highest BCUT2D eigenvalue weighted by atomic mass is 16.5. The Morgan fingerprint density at radius 1 is 0.850 bits per heavy atom. The minimum atomic E-state index is -0.797. The number of rotatable bonds is 6. The van der Waals surface area contributed by atoms with Crippen LogP contribution in [0.15, 0.2) is 11.6 Å². The highest BCUT2D eigenvalue weighted by Gasteiger charge is 2.68. The van der Waals surface area contributed by atoms with Crippen LogP contribution in [0.2, 0.25) is 0 Å². The largest absolute Gasteiger partial charge is 0.481 e. The maximum atomic E-state index is 12.8. The van der Waals surface area contributed by atoms with Crippen molar-refractivity contribution >= 4 is 11.9 Å². The number of esters is 1. The van der Waals surface area contributed by atoms with Crippen LogP contribution in [-0.4, -0.2) is 23.1 Å². The second-order valence-electron chi connectivity index (χ2n) is 17.3. The van der Waals surface area contributed by atoms with Gasteiger partial charge in [0.1, 0.15) is 6.10 Å². The van der Waals surface area contributed by atoms with Crippen LogP contribution in [0.4, 0.5) is 0 Å². The lowest BCUT2D eigenvalue weighted by molar-refractivity contribution is -0.212. The lowest BCUT2D eigenvalue weighted by Gasteiger charge is -2.71. The normalized spacial score (nSPS) is 45.1. The Labute approximate surface area is 244 Å². The van der Waals surface area contributed by atoms with Crippen molar-refractivity contribution < 1.29 is 19.4 Å². The zero-order valence-electron chi connectivity index (χ0n) is 27.0. The number of hydrogen-bond donors (Lipinski definition) is 1. The lowest BCUT2D eigenvalue weighted by atomic mass is 9.33. The number of carboxylic acid groups (broad SMARTS) is 1. The van der Waals surface area contributed by atoms with Crippen molar-refractivity contribution in [2.45, 2.75) is 151 Å². The van der Waals surface area contributed by atoms with E-state index in [9.17, 15) is 9.59 Å². The molecule has 0 aromatic rings. The van der Waals surface area contributed by atoms with Crippen molar-refractivity contribution in [3.63, 3.8) is 0 Å². The highest BCUT2D eigenvalue weighted by Crippen LogP contribution is 2.75. The molecule has 4 heteroatoms. The molecule has 8 atom stereocenters. The van der Waals surface area contributed by atoms with E-state index in [1.807, 2.05) is 5.57 Å². The number of carbonyl (C=O) groups excluding carboxylic acids is 1. The van der Waals surface area contributed by atoms with Crippen molar-refractivity contribution in [1.82, 2.24) is 0 Å². The SMILES string of the molecule is CC1(C)CCC2(C)CC[C@]3(C)C(=CCC4[C@@]5(C)CC[C@H](OC(=O)CCCCC(=O)O)C(C)(C)C5CC[C@]43C)C2C1. The number of fused-ring (bicyclic) bond motifs is 7. The summed E-state index contributed by atoms with van der Waals surface area (Å²) in [5.74, 6) is 0.998. The fraction of sp³-hybridized carbons (Fsp3) is 0.889. The molecule has 0 aromatic carbocycles. The van der Waals surface area contributed by atoms with E-state index in [0.717, 1.165) is 18.8 Å². The molecule has 5 aliphatic carbocycles. The third-order valence-corrected chi connectivity index (χ3v) is 14.3. The minimum absolute atomic E-state index is 0.0490. The standard InChI is InChI=1S/C36H58O4/c1-31(2)19-20-33(5)21-22-35(7)24(25(33)23-31)13-14-27-34(6)17-16-28(40-30(39)12-10-9-11-29(37)38)32(3,4)26(34)15-18-36(27,35)8/h13,25-28H,9-12,14-23H2,1-8H3,(H,37,38)/t25?,26?,27?,28-,33?,34-,35+,36+/m0/s1. The Morgan fingerprint density at radius 2 is 1.52 bits per heavy atom. The van der Waals surface area contributed by atoms with Gasteiger partial charge in [-0.15, -0.1) is 0 Å². The van der Waals surface area contributed by atoms with Crippen LogP contribution in [0.3, 0.4) is 0 Å². The van der Waals surface area contributed by atoms with Gasteiger partial charge < -0.3 is 9.84 Å². The van der Waals surface area contributed by atoms with Gasteiger partial charge in [0.05, 0.1) is 0 Å². The van der Waals surface area contributed by atoms with E-state index in [2.05, 4.69) is 61.5 Å². The van der Waals surface area contributed by atoms with Crippen LogP contribution in [0, 0.1) is 50.2 Å². The zero-order chi connectivity index (χ0) is 29.4. The van der Waals surface area contributed by atoms with Gasteiger partial charge in [-0.2, -0.15) is 0 Å². The third kappa shape index (κ3) is 4.61. The summed E-state index contributed by atoms with van der Waals surface area (Å²) in [4.78, 5) is 23.6. The van der Waals surface area contributed by atoms with Gasteiger partial charge in [-0.1, -0.05) is 67.0 Å². The van der Waals surface area contributed by atoms with Gasteiger partial charge in [0.25, 0.3) is 0 Å². The first-order valence-electron chi connectivity index (χ1n) is 16.6. The molecule has 4 saturated carbocycles. The second-order valence-corrected chi connectivity index (χ2v) is 17.3. The molecule has 0 bridgehead atoms. The summed E-state index contributed by atoms with van der Waals surface area (Å²) < 4.78 is 6.17. The molecule has 5 rings (SSSR count). The van der Waals surface area contributed by atoms with E-state index >= 15 is 0 Å². The molecular weight excluding hydrogens is 496 g/mol. The van der Waals surface area contributed by atoms with E-state index in [1.165, 1.54) is 51.4 Å². The van der Waals surface area contributed by atoms with Crippen molar-refractivity contribution in [3.8, 4) is 0 Å². The van der Waals surface area contributed by atoms with Gasteiger partial charge in [0.2, 0.25) is 0 Å². The van der Waals surface area contributed by atoms with E-state index in [0.29, 0.717) is 47.3 Å². The molecule has 0 amide bonds. The van der Waals surface area contributed by atoms with E-state index in [-0.39, 0.29) is 34.7 Å². The Morgan fingerprint density at radius 3 is 2.23 bits per heavy atom. The van der Waals surface area contributed by atoms with Gasteiger partial charge in [-0.3, -0.25) is 9.59 Å². The predicted octanol–water partition coefficient (Wildman–Crippen LogP) is 9.36. The van der Waals surface area contributed by atoms with Crippen molar-refractivity contribution in [3.05, 3.63) is 11.6 Å². The molecule has 40 heavy (non-hydrogen) atoms. The first-order valence-corrected chi connectivity index (χ1v) is 16.6. The maximum absolute atomic E-state index is 12.8. The van der Waals surface area contributed by atoms with Gasteiger partial charge in [0, 0.05) is 18.3 Å². The molecule has 0 spiro atoms. The van der Waals surface area contributed by atoms with Gasteiger partial charge in [0.15, 0.2) is 0 Å². The van der Waals surface area contributed by atoms with Gasteiger partial charge in [-0.05, 0) is 122 Å². The van der Waals surface area contributed by atoms with Crippen LogP contribution >= 0.6 is 0 Å². The van der Waals surface area contributed by atoms with E-state index in [4.69, 9.17) is 9.84 Å². The monoisotopic (exact) mass is 554 g/mol. The highest BCUT2D eigenvalue weighted by molar-refractivity contribution is 5.70. The molecule has 1 N–H and O–H groups in total. The second kappa shape index (κ2) is 9.87. The van der Waals surface area contributed by atoms with Gasteiger partial charge in [-0.25, -0.2) is 0 Å². The van der Waals surface area contributed by atoms with Crippen LogP contribution in [0.1, 0.15) is 145 Å². The maximum Gasteiger partial charge on any atom is 0.306 e. The van der Waals surface area contributed by atoms with Crippen molar-refractivity contribution in [2.24, 2.45) is 50.2 Å². The Balaban J connectivity index is 1.37. The number of carbonyl (C=O) groups is 2. The molecule has 0 aliphatic heterocycles. The van der Waals surface area contributed by atoms with Gasteiger partial charge >= 0.3 is 11.9 Å². The molecule has 0 saturated heterocycles. The van der Waals surface area contributed by atoms with E-state index in [1.54, 1.807) is 0 Å². The summed E-state index contributed by atoms with van der Waals surface area (Å²) in [6.45, 7) is 20.3. The van der Waals surface area contributed by atoms with E-state index < -0.39 is 5.97 Å². The molecule has 4 unspecified atom stereocenters. The number of hydrogen-bond acceptors (Lipinski definition) is 3. The first kappa shape index (κ1) is 30.1. The molecule has 226 valence electrons. The third-order valence-electron chi connectivity index (χ3n) is 14.3. The first-order chi connectivity index (χ1) is 18.5. The lowest BCUT2D eigenvalue weighted by Crippen LogP contribution is -2.64. The summed E-state index contributed by atoms with van der Waals surface area (Å²) in [6.07, 6.45) is 16.9. The number of allylic oxidation sites excluding steroid dienone is 2. The average Bonchev–Trinajstić information content (AvgIpc) is 2.85. The minimum Gasteiger partial charge on any atom is -0.481 e. The fourth-order valence-electron chi connectivity index (χ4n) is 11.5.